The Labute approximate surface area is 227 Å². The Hall–Kier alpha value is -2.11. The zero-order chi connectivity index (χ0) is 27.8. The summed E-state index contributed by atoms with van der Waals surface area (Å²) in [6, 6.07) is 0. The Bertz CT molecular complexity index is 1090. The van der Waals surface area contributed by atoms with E-state index in [2.05, 4.69) is 34.3 Å². The second kappa shape index (κ2) is 8.96. The summed E-state index contributed by atoms with van der Waals surface area (Å²) in [5, 5.41) is 9.63. The van der Waals surface area contributed by atoms with Crippen molar-refractivity contribution in [2.45, 2.75) is 112 Å². The van der Waals surface area contributed by atoms with E-state index in [1.807, 2.05) is 13.0 Å². The second-order valence-electron chi connectivity index (χ2n) is 14.0. The van der Waals surface area contributed by atoms with Crippen molar-refractivity contribution in [1.29, 1.82) is 0 Å². The van der Waals surface area contributed by atoms with Gasteiger partial charge in [-0.1, -0.05) is 39.0 Å². The number of carbonyl (C=O) groups is 3. The number of allylic oxidation sites excluding steroid dienone is 1. The molecular weight excluding hydrogens is 480 g/mol. The fourth-order valence-corrected chi connectivity index (χ4v) is 10.8. The highest BCUT2D eigenvalue weighted by Crippen LogP contribution is 2.87. The standard InChI is InChI=1S/C32H46O6/c1-18(2)22-9-11-25-29(6)14-12-23(20(4)24-10-8-19(3)28(36)38-24)30(29,7)26(37-21(5)33)16-32(25)17-31(22,32)15-13-27(34)35/h8,20,22-26H,1,9-17H2,2-7H3,(H,34,35)/t20-,22-,23+,24+,25-,26-,29-,30-,31+,32-/m0/s1. The molecule has 5 rings (SSSR count). The predicted octanol–water partition coefficient (Wildman–Crippen LogP) is 6.49. The summed E-state index contributed by atoms with van der Waals surface area (Å²) < 4.78 is 12.2. The molecule has 1 spiro atoms. The molecule has 4 aliphatic carbocycles. The number of aliphatic carboxylic acids is 1. The maximum atomic E-state index is 12.6. The van der Waals surface area contributed by atoms with Gasteiger partial charge >= 0.3 is 17.9 Å². The SMILES string of the molecule is C=C(C)[C@@H]1CC[C@@H]2[C@]3(C[C@H](OC(C)=O)[C@]4(C)[C@@H]([C@H](C)[C@H]5CC=C(C)C(=O)O5)CC[C@@]24C)C[C@]13CCC(=O)O. The number of hydrogen-bond acceptors (Lipinski definition) is 5. The molecule has 0 amide bonds. The van der Waals surface area contributed by atoms with Gasteiger partial charge in [0, 0.05) is 30.8 Å². The van der Waals surface area contributed by atoms with Crippen LogP contribution < -0.4 is 0 Å². The van der Waals surface area contributed by atoms with Crippen molar-refractivity contribution in [3.8, 4) is 0 Å². The van der Waals surface area contributed by atoms with Gasteiger partial charge in [-0.25, -0.2) is 4.79 Å². The maximum Gasteiger partial charge on any atom is 0.333 e. The summed E-state index contributed by atoms with van der Waals surface area (Å²) in [7, 11) is 0. The van der Waals surface area contributed by atoms with Gasteiger partial charge in [0.2, 0.25) is 0 Å². The fraction of sp³-hybridized carbons (Fsp3) is 0.781. The maximum absolute atomic E-state index is 12.6. The molecule has 0 aromatic rings. The molecule has 0 aromatic carbocycles. The number of esters is 2. The third kappa shape index (κ3) is 3.60. The Morgan fingerprint density at radius 1 is 1.24 bits per heavy atom. The minimum absolute atomic E-state index is 0.0199. The Morgan fingerprint density at radius 3 is 2.55 bits per heavy atom. The number of rotatable bonds is 7. The van der Waals surface area contributed by atoms with Gasteiger partial charge in [0.15, 0.2) is 0 Å². The van der Waals surface area contributed by atoms with Gasteiger partial charge in [0.25, 0.3) is 0 Å². The number of carboxylic acid groups (broad SMARTS) is 1. The molecule has 210 valence electrons. The van der Waals surface area contributed by atoms with Crippen LogP contribution in [0.15, 0.2) is 23.8 Å². The van der Waals surface area contributed by atoms with Crippen LogP contribution in [-0.4, -0.2) is 35.2 Å². The summed E-state index contributed by atoms with van der Waals surface area (Å²) >= 11 is 0. The molecule has 1 heterocycles. The number of carboxylic acids is 1. The van der Waals surface area contributed by atoms with Gasteiger partial charge in [0.05, 0.1) is 0 Å². The summed E-state index contributed by atoms with van der Waals surface area (Å²) in [4.78, 5) is 36.7. The number of cyclic esters (lactones) is 1. The molecule has 0 saturated heterocycles. The fourth-order valence-electron chi connectivity index (χ4n) is 10.8. The smallest absolute Gasteiger partial charge is 0.333 e. The van der Waals surface area contributed by atoms with E-state index in [4.69, 9.17) is 9.47 Å². The van der Waals surface area contributed by atoms with Crippen molar-refractivity contribution in [1.82, 2.24) is 0 Å². The summed E-state index contributed by atoms with van der Waals surface area (Å²) in [5.74, 6) is -0.0551. The Kier molecular flexibility index (Phi) is 6.47. The van der Waals surface area contributed by atoms with Crippen LogP contribution in [0.4, 0.5) is 0 Å². The first kappa shape index (κ1) is 27.5. The van der Waals surface area contributed by atoms with Crippen LogP contribution in [0.1, 0.15) is 99.3 Å². The van der Waals surface area contributed by atoms with Crippen LogP contribution in [0, 0.1) is 45.3 Å². The number of hydrogen-bond donors (Lipinski definition) is 1. The lowest BCUT2D eigenvalue weighted by Gasteiger charge is -2.63. The van der Waals surface area contributed by atoms with E-state index in [1.54, 1.807) is 0 Å². The van der Waals surface area contributed by atoms with E-state index in [0.717, 1.165) is 50.5 Å². The first-order valence-corrected chi connectivity index (χ1v) is 14.7. The third-order valence-electron chi connectivity index (χ3n) is 12.7. The molecule has 1 N–H and O–H groups in total. The van der Waals surface area contributed by atoms with Gasteiger partial charge < -0.3 is 14.6 Å². The van der Waals surface area contributed by atoms with Crippen LogP contribution in [0.3, 0.4) is 0 Å². The molecule has 6 heteroatoms. The zero-order valence-corrected chi connectivity index (χ0v) is 24.1. The molecular formula is C32H46O6. The molecule has 1 aliphatic heterocycles. The van der Waals surface area contributed by atoms with Gasteiger partial charge in [-0.2, -0.15) is 0 Å². The molecule has 5 aliphatic rings. The lowest BCUT2D eigenvalue weighted by Crippen LogP contribution is -2.62. The lowest BCUT2D eigenvalue weighted by molar-refractivity contribution is -0.210. The highest BCUT2D eigenvalue weighted by Gasteiger charge is 2.82. The van der Waals surface area contributed by atoms with Crippen molar-refractivity contribution >= 4 is 17.9 Å². The van der Waals surface area contributed by atoms with Gasteiger partial charge in [-0.05, 0) is 98.7 Å². The molecule has 6 nitrogen and oxygen atoms in total. The lowest BCUT2D eigenvalue weighted by atomic mass is 9.42. The van der Waals surface area contributed by atoms with E-state index in [9.17, 15) is 19.5 Å². The zero-order valence-electron chi connectivity index (χ0n) is 24.1. The van der Waals surface area contributed by atoms with Crippen LogP contribution in [-0.2, 0) is 23.9 Å². The summed E-state index contributed by atoms with van der Waals surface area (Å²) in [6.07, 6.45) is 9.17. The quantitative estimate of drug-likeness (QED) is 0.301. The largest absolute Gasteiger partial charge is 0.481 e. The van der Waals surface area contributed by atoms with Crippen LogP contribution in [0.25, 0.3) is 0 Å². The summed E-state index contributed by atoms with van der Waals surface area (Å²) in [6.45, 7) is 16.8. The highest BCUT2D eigenvalue weighted by atomic mass is 16.5. The van der Waals surface area contributed by atoms with Crippen LogP contribution in [0.2, 0.25) is 0 Å². The number of ether oxygens (including phenoxy) is 2. The van der Waals surface area contributed by atoms with Gasteiger partial charge in [0.1, 0.15) is 12.2 Å². The van der Waals surface area contributed by atoms with Crippen molar-refractivity contribution in [2.75, 3.05) is 0 Å². The first-order valence-electron chi connectivity index (χ1n) is 14.7. The van der Waals surface area contributed by atoms with Gasteiger partial charge in [-0.3, -0.25) is 9.59 Å². The van der Waals surface area contributed by atoms with Crippen LogP contribution >= 0.6 is 0 Å². The number of fused-ring (bicyclic) bond motifs is 2. The first-order chi connectivity index (χ1) is 17.7. The Balaban J connectivity index is 1.54. The van der Waals surface area contributed by atoms with E-state index >= 15 is 0 Å². The third-order valence-corrected chi connectivity index (χ3v) is 12.7. The molecule has 38 heavy (non-hydrogen) atoms. The second-order valence-corrected chi connectivity index (χ2v) is 14.0. The van der Waals surface area contributed by atoms with Crippen molar-refractivity contribution in [3.05, 3.63) is 23.8 Å². The molecule has 10 atom stereocenters. The molecule has 0 bridgehead atoms. The monoisotopic (exact) mass is 526 g/mol. The van der Waals surface area contributed by atoms with E-state index in [1.165, 1.54) is 6.92 Å². The van der Waals surface area contributed by atoms with E-state index in [-0.39, 0.29) is 64.1 Å². The van der Waals surface area contributed by atoms with E-state index in [0.29, 0.717) is 23.8 Å². The minimum Gasteiger partial charge on any atom is -0.481 e. The number of carbonyl (C=O) groups excluding carboxylic acids is 2. The normalized spacial score (nSPS) is 46.0. The summed E-state index contributed by atoms with van der Waals surface area (Å²) in [5.41, 5.74) is 1.43. The molecule has 4 fully saturated rings. The molecule has 0 aromatic heterocycles. The highest BCUT2D eigenvalue weighted by molar-refractivity contribution is 5.88. The minimum atomic E-state index is -0.742. The van der Waals surface area contributed by atoms with Crippen LogP contribution in [0.5, 0.6) is 0 Å². The van der Waals surface area contributed by atoms with Crippen molar-refractivity contribution in [2.24, 2.45) is 45.3 Å². The molecule has 0 unspecified atom stereocenters. The predicted molar refractivity (Wildman–Crippen MR) is 144 cm³/mol. The average Bonchev–Trinajstić information content (AvgIpc) is 3.41. The molecule has 4 saturated carbocycles. The topological polar surface area (TPSA) is 89.9 Å². The van der Waals surface area contributed by atoms with Crippen molar-refractivity contribution < 1.29 is 29.0 Å². The van der Waals surface area contributed by atoms with Crippen molar-refractivity contribution in [3.63, 3.8) is 0 Å². The molecule has 0 radical (unpaired) electrons. The average molecular weight is 527 g/mol. The van der Waals surface area contributed by atoms with Gasteiger partial charge in [-0.15, -0.1) is 0 Å². The Morgan fingerprint density at radius 2 is 1.95 bits per heavy atom. The van der Waals surface area contributed by atoms with E-state index < -0.39 is 5.97 Å².